The Morgan fingerprint density at radius 1 is 0.700 bits per heavy atom. The quantitative estimate of drug-likeness (QED) is 0.662. The summed E-state index contributed by atoms with van der Waals surface area (Å²) in [5.74, 6) is 0.339. The van der Waals surface area contributed by atoms with Crippen molar-refractivity contribution in [1.29, 1.82) is 0 Å². The first-order chi connectivity index (χ1) is 14.7. The van der Waals surface area contributed by atoms with Crippen LogP contribution in [0.5, 0.6) is 5.75 Å². The van der Waals surface area contributed by atoms with Crippen LogP contribution in [-0.4, -0.2) is 50.3 Å². The number of anilines is 1. The molecule has 2 aliphatic rings. The molecular formula is C26H30N2OSi. The lowest BCUT2D eigenvalue weighted by molar-refractivity contribution is 0.198. The van der Waals surface area contributed by atoms with Gasteiger partial charge in [0.15, 0.2) is 0 Å². The smallest absolute Gasteiger partial charge is 0.119 e. The molecule has 2 fully saturated rings. The Balaban J connectivity index is 1.32. The van der Waals surface area contributed by atoms with Gasteiger partial charge in [-0.25, -0.2) is 0 Å². The largest absolute Gasteiger partial charge is 0.508 e. The lowest BCUT2D eigenvalue weighted by atomic mass is 10.1. The Kier molecular flexibility index (Phi) is 5.36. The fourth-order valence-electron chi connectivity index (χ4n) is 5.55. The van der Waals surface area contributed by atoms with Crippen LogP contribution in [0.15, 0.2) is 84.9 Å². The van der Waals surface area contributed by atoms with E-state index in [9.17, 15) is 5.11 Å². The summed E-state index contributed by atoms with van der Waals surface area (Å²) in [5, 5.41) is 12.8. The molecule has 0 amide bonds. The highest BCUT2D eigenvalue weighted by molar-refractivity contribution is 7.02. The first kappa shape index (κ1) is 19.4. The number of aromatic hydroxyl groups is 1. The Bertz CT molecular complexity index is 914. The van der Waals surface area contributed by atoms with E-state index in [-0.39, 0.29) is 0 Å². The molecule has 4 heteroatoms. The van der Waals surface area contributed by atoms with Gasteiger partial charge < -0.3 is 10.0 Å². The minimum Gasteiger partial charge on any atom is -0.508 e. The van der Waals surface area contributed by atoms with Crippen molar-refractivity contribution in [2.24, 2.45) is 0 Å². The molecule has 0 aliphatic carbocycles. The number of benzene rings is 3. The van der Waals surface area contributed by atoms with E-state index in [2.05, 4.69) is 70.5 Å². The molecule has 0 aromatic heterocycles. The molecule has 3 nitrogen and oxygen atoms in total. The van der Waals surface area contributed by atoms with Crippen LogP contribution >= 0.6 is 0 Å². The van der Waals surface area contributed by atoms with E-state index < -0.39 is 8.07 Å². The van der Waals surface area contributed by atoms with Crippen molar-refractivity contribution >= 4 is 24.1 Å². The summed E-state index contributed by atoms with van der Waals surface area (Å²) in [5.41, 5.74) is 1.22. The second-order valence-electron chi connectivity index (χ2n) is 8.75. The SMILES string of the molecule is Oc1ccc(N2CCN(C3CC[Si](c4ccccc4)(c4ccccc4)C3)CC2)cc1. The summed E-state index contributed by atoms with van der Waals surface area (Å²) < 4.78 is 0. The van der Waals surface area contributed by atoms with Gasteiger partial charge in [0.1, 0.15) is 13.8 Å². The molecule has 1 atom stereocenters. The molecule has 30 heavy (non-hydrogen) atoms. The highest BCUT2D eigenvalue weighted by atomic mass is 28.3. The van der Waals surface area contributed by atoms with Gasteiger partial charge in [-0.1, -0.05) is 71.0 Å². The monoisotopic (exact) mass is 414 g/mol. The van der Waals surface area contributed by atoms with E-state index in [4.69, 9.17) is 0 Å². The lowest BCUT2D eigenvalue weighted by Gasteiger charge is -2.40. The Labute approximate surface area is 180 Å². The topological polar surface area (TPSA) is 26.7 Å². The molecular weight excluding hydrogens is 384 g/mol. The van der Waals surface area contributed by atoms with Crippen molar-refractivity contribution in [2.75, 3.05) is 31.1 Å². The van der Waals surface area contributed by atoms with Crippen LogP contribution in [0.3, 0.4) is 0 Å². The van der Waals surface area contributed by atoms with Crippen LogP contribution in [0.2, 0.25) is 12.1 Å². The molecule has 154 valence electrons. The molecule has 1 unspecified atom stereocenters. The van der Waals surface area contributed by atoms with Gasteiger partial charge >= 0.3 is 0 Å². The second kappa shape index (κ2) is 8.29. The number of phenolic OH excluding ortho intramolecular Hbond substituents is 1. The summed E-state index contributed by atoms with van der Waals surface area (Å²) in [6.45, 7) is 4.37. The van der Waals surface area contributed by atoms with E-state index >= 15 is 0 Å². The number of nitrogens with zero attached hydrogens (tertiary/aromatic N) is 2. The van der Waals surface area contributed by atoms with Gasteiger partial charge in [-0.05, 0) is 42.8 Å². The van der Waals surface area contributed by atoms with Crippen molar-refractivity contribution in [1.82, 2.24) is 4.90 Å². The van der Waals surface area contributed by atoms with Crippen molar-refractivity contribution in [3.63, 3.8) is 0 Å². The minimum atomic E-state index is -1.70. The third kappa shape index (κ3) is 3.66. The van der Waals surface area contributed by atoms with Gasteiger partial charge in [-0.15, -0.1) is 0 Å². The predicted molar refractivity (Wildman–Crippen MR) is 128 cm³/mol. The average Bonchev–Trinajstić information content (AvgIpc) is 3.28. The van der Waals surface area contributed by atoms with E-state index in [1.54, 1.807) is 22.5 Å². The zero-order valence-corrected chi connectivity index (χ0v) is 18.5. The van der Waals surface area contributed by atoms with Crippen molar-refractivity contribution < 1.29 is 5.11 Å². The zero-order chi connectivity index (χ0) is 20.4. The van der Waals surface area contributed by atoms with E-state index in [0.717, 1.165) is 26.2 Å². The Morgan fingerprint density at radius 2 is 1.27 bits per heavy atom. The molecule has 0 radical (unpaired) electrons. The van der Waals surface area contributed by atoms with Crippen LogP contribution < -0.4 is 15.3 Å². The predicted octanol–water partition coefficient (Wildman–Crippen LogP) is 3.55. The molecule has 5 rings (SSSR count). The summed E-state index contributed by atoms with van der Waals surface area (Å²) in [4.78, 5) is 5.20. The third-order valence-corrected chi connectivity index (χ3v) is 12.4. The standard InChI is InChI=1S/C26H30N2OSi/c29-24-13-11-22(12-14-24)27-16-18-28(19-17-27)23-15-20-30(21-23,25-7-3-1-4-8-25)26-9-5-2-6-10-26/h1-14,23,29H,15-21H2. The summed E-state index contributed by atoms with van der Waals surface area (Å²) in [6.07, 6.45) is 1.31. The summed E-state index contributed by atoms with van der Waals surface area (Å²) >= 11 is 0. The fraction of sp³-hybridized carbons (Fsp3) is 0.308. The molecule has 2 heterocycles. The highest BCUT2D eigenvalue weighted by Gasteiger charge is 2.46. The van der Waals surface area contributed by atoms with Gasteiger partial charge in [0.05, 0.1) is 0 Å². The van der Waals surface area contributed by atoms with E-state index in [1.807, 2.05) is 12.1 Å². The first-order valence-corrected chi connectivity index (χ1v) is 13.6. The maximum atomic E-state index is 9.55. The number of piperazine rings is 1. The molecule has 2 aliphatic heterocycles. The Morgan fingerprint density at radius 3 is 1.83 bits per heavy atom. The van der Waals surface area contributed by atoms with Crippen LogP contribution in [0.25, 0.3) is 0 Å². The minimum absolute atomic E-state index is 0.339. The highest BCUT2D eigenvalue weighted by Crippen LogP contribution is 2.34. The number of rotatable bonds is 4. The molecule has 3 aromatic carbocycles. The second-order valence-corrected chi connectivity index (χ2v) is 13.0. The fourth-order valence-corrected chi connectivity index (χ4v) is 10.9. The molecule has 2 saturated heterocycles. The molecule has 0 saturated carbocycles. The maximum Gasteiger partial charge on any atom is 0.119 e. The van der Waals surface area contributed by atoms with Crippen molar-refractivity contribution in [2.45, 2.75) is 24.6 Å². The first-order valence-electron chi connectivity index (χ1n) is 11.1. The van der Waals surface area contributed by atoms with Crippen LogP contribution in [-0.2, 0) is 0 Å². The Hall–Kier alpha value is -2.56. The third-order valence-electron chi connectivity index (χ3n) is 7.19. The average molecular weight is 415 g/mol. The molecule has 1 N–H and O–H groups in total. The maximum absolute atomic E-state index is 9.55. The van der Waals surface area contributed by atoms with E-state index in [1.165, 1.54) is 24.2 Å². The van der Waals surface area contributed by atoms with Crippen LogP contribution in [0.1, 0.15) is 6.42 Å². The molecule has 0 spiro atoms. The number of hydrogen-bond acceptors (Lipinski definition) is 3. The van der Waals surface area contributed by atoms with Gasteiger partial charge in [-0.3, -0.25) is 4.90 Å². The normalized spacial score (nSPS) is 21.6. The van der Waals surface area contributed by atoms with E-state index in [0.29, 0.717) is 11.8 Å². The van der Waals surface area contributed by atoms with Crippen molar-refractivity contribution in [3.05, 3.63) is 84.9 Å². The zero-order valence-electron chi connectivity index (χ0n) is 17.5. The molecule has 0 bridgehead atoms. The van der Waals surface area contributed by atoms with Gasteiger partial charge in [0.25, 0.3) is 0 Å². The van der Waals surface area contributed by atoms with Gasteiger partial charge in [-0.2, -0.15) is 0 Å². The number of phenols is 1. The number of hydrogen-bond donors (Lipinski definition) is 1. The summed E-state index contributed by atoms with van der Waals surface area (Å²) in [6, 6.07) is 33.7. The van der Waals surface area contributed by atoms with Gasteiger partial charge in [0, 0.05) is 37.9 Å². The van der Waals surface area contributed by atoms with Crippen LogP contribution in [0, 0.1) is 0 Å². The van der Waals surface area contributed by atoms with Crippen molar-refractivity contribution in [3.8, 4) is 5.75 Å². The van der Waals surface area contributed by atoms with Crippen LogP contribution in [0.4, 0.5) is 5.69 Å². The molecule has 3 aromatic rings. The lowest BCUT2D eigenvalue weighted by Crippen LogP contribution is -2.57. The summed E-state index contributed by atoms with van der Waals surface area (Å²) in [7, 11) is -1.70. The van der Waals surface area contributed by atoms with Gasteiger partial charge in [0.2, 0.25) is 0 Å².